The van der Waals surface area contributed by atoms with E-state index in [0.717, 1.165) is 11.1 Å². The van der Waals surface area contributed by atoms with E-state index >= 15 is 0 Å². The number of aliphatic hydroxyl groups excluding tert-OH is 1. The van der Waals surface area contributed by atoms with Crippen LogP contribution in [0.4, 0.5) is 0 Å². The monoisotopic (exact) mass is 228 g/mol. The molecule has 0 aliphatic carbocycles. The van der Waals surface area contributed by atoms with Gasteiger partial charge in [0.25, 0.3) is 0 Å². The van der Waals surface area contributed by atoms with Crippen LogP contribution < -0.4 is 0 Å². The topological polar surface area (TPSA) is 20.2 Å². The molecule has 0 spiro atoms. The molecule has 0 bridgehead atoms. The Morgan fingerprint density at radius 3 is 2.12 bits per heavy atom. The summed E-state index contributed by atoms with van der Waals surface area (Å²) >= 11 is 0. The summed E-state index contributed by atoms with van der Waals surface area (Å²) in [4.78, 5) is 0. The lowest BCUT2D eigenvalue weighted by Crippen LogP contribution is -1.91. The van der Waals surface area contributed by atoms with Crippen LogP contribution in [0.25, 0.3) is 11.1 Å². The van der Waals surface area contributed by atoms with E-state index in [0.29, 0.717) is 0 Å². The fraction of sp³-hybridized carbons (Fsp3) is 0.250. The lowest BCUT2D eigenvalue weighted by Gasteiger charge is -2.09. The predicted molar refractivity (Wildman–Crippen MR) is 73.9 cm³/mol. The van der Waals surface area contributed by atoms with Gasteiger partial charge in [0.05, 0.1) is 6.61 Å². The van der Waals surface area contributed by atoms with E-state index in [1.54, 1.807) is 0 Å². The van der Waals surface area contributed by atoms with Crippen molar-refractivity contribution in [3.63, 3.8) is 0 Å². The molecule has 0 aliphatic rings. The lowest BCUT2D eigenvalue weighted by atomic mass is 9.97. The van der Waals surface area contributed by atoms with E-state index in [1.807, 2.05) is 51.1 Å². The van der Waals surface area contributed by atoms with Gasteiger partial charge < -0.3 is 5.11 Å². The Morgan fingerprint density at radius 2 is 1.53 bits per heavy atom. The first kappa shape index (κ1) is 13.5. The molecule has 0 saturated carbocycles. The molecule has 2 aromatic rings. The maximum Gasteiger partial charge on any atom is 0.0684 e. The van der Waals surface area contributed by atoms with Gasteiger partial charge in [0.1, 0.15) is 0 Å². The summed E-state index contributed by atoms with van der Waals surface area (Å²) in [5.74, 6) is 0. The smallest absolute Gasteiger partial charge is 0.0684 e. The maximum absolute atomic E-state index is 9.19. The van der Waals surface area contributed by atoms with Crippen LogP contribution in [-0.2, 0) is 6.61 Å². The second-order valence-electron chi connectivity index (χ2n) is 3.61. The molecule has 0 fully saturated rings. The third kappa shape index (κ3) is 3.18. The van der Waals surface area contributed by atoms with Crippen LogP contribution in [0.3, 0.4) is 0 Å². The van der Waals surface area contributed by atoms with Gasteiger partial charge in [-0.1, -0.05) is 62.4 Å². The first-order chi connectivity index (χ1) is 8.33. The van der Waals surface area contributed by atoms with Crippen LogP contribution in [0.1, 0.15) is 25.0 Å². The van der Waals surface area contributed by atoms with Gasteiger partial charge in [-0.2, -0.15) is 0 Å². The molecule has 0 saturated heterocycles. The summed E-state index contributed by atoms with van der Waals surface area (Å²) in [5.41, 5.74) is 4.55. The molecular formula is C16H20O. The van der Waals surface area contributed by atoms with Crippen LogP contribution in [0.2, 0.25) is 0 Å². The third-order valence-electron chi connectivity index (χ3n) is 2.70. The SMILES string of the molecule is CC.Cc1c(CO)cccc1-c1ccccc1. The Kier molecular flexibility index (Phi) is 5.44. The molecule has 90 valence electrons. The number of hydrogen-bond donors (Lipinski definition) is 1. The molecule has 2 rings (SSSR count). The van der Waals surface area contributed by atoms with Crippen LogP contribution in [0.5, 0.6) is 0 Å². The molecule has 17 heavy (non-hydrogen) atoms. The van der Waals surface area contributed by atoms with Crippen molar-refractivity contribution in [1.82, 2.24) is 0 Å². The van der Waals surface area contributed by atoms with E-state index in [9.17, 15) is 5.11 Å². The fourth-order valence-electron chi connectivity index (χ4n) is 1.79. The summed E-state index contributed by atoms with van der Waals surface area (Å²) in [7, 11) is 0. The normalized spacial score (nSPS) is 9.41. The Labute approximate surface area is 104 Å². The summed E-state index contributed by atoms with van der Waals surface area (Å²) in [5, 5.41) is 9.19. The van der Waals surface area contributed by atoms with Crippen LogP contribution in [-0.4, -0.2) is 5.11 Å². The van der Waals surface area contributed by atoms with Crippen molar-refractivity contribution in [3.8, 4) is 11.1 Å². The highest BCUT2D eigenvalue weighted by atomic mass is 16.3. The second kappa shape index (κ2) is 6.87. The average molecular weight is 228 g/mol. The van der Waals surface area contributed by atoms with E-state index in [-0.39, 0.29) is 6.61 Å². The van der Waals surface area contributed by atoms with Gasteiger partial charge in [0.15, 0.2) is 0 Å². The maximum atomic E-state index is 9.19. The van der Waals surface area contributed by atoms with Crippen molar-refractivity contribution in [2.45, 2.75) is 27.4 Å². The minimum atomic E-state index is 0.104. The largest absolute Gasteiger partial charge is 0.392 e. The van der Waals surface area contributed by atoms with Crippen LogP contribution >= 0.6 is 0 Å². The van der Waals surface area contributed by atoms with Gasteiger partial charge in [0, 0.05) is 0 Å². The predicted octanol–water partition coefficient (Wildman–Crippen LogP) is 4.18. The highest BCUT2D eigenvalue weighted by molar-refractivity contribution is 5.68. The Bertz CT molecular complexity index is 446. The number of hydrogen-bond acceptors (Lipinski definition) is 1. The average Bonchev–Trinajstić information content (AvgIpc) is 2.42. The summed E-state index contributed by atoms with van der Waals surface area (Å²) in [6.45, 7) is 6.15. The molecule has 1 heteroatoms. The van der Waals surface area contributed by atoms with Crippen molar-refractivity contribution < 1.29 is 5.11 Å². The Hall–Kier alpha value is -1.60. The zero-order chi connectivity index (χ0) is 12.7. The molecule has 1 nitrogen and oxygen atoms in total. The molecule has 0 atom stereocenters. The van der Waals surface area contributed by atoms with Crippen molar-refractivity contribution in [3.05, 3.63) is 59.7 Å². The van der Waals surface area contributed by atoms with Crippen LogP contribution in [0.15, 0.2) is 48.5 Å². The fourth-order valence-corrected chi connectivity index (χ4v) is 1.79. The highest BCUT2D eigenvalue weighted by Crippen LogP contribution is 2.25. The second-order valence-corrected chi connectivity index (χ2v) is 3.61. The van der Waals surface area contributed by atoms with E-state index in [1.165, 1.54) is 11.1 Å². The van der Waals surface area contributed by atoms with Gasteiger partial charge in [-0.05, 0) is 29.2 Å². The highest BCUT2D eigenvalue weighted by Gasteiger charge is 2.04. The van der Waals surface area contributed by atoms with Gasteiger partial charge in [-0.25, -0.2) is 0 Å². The van der Waals surface area contributed by atoms with E-state index in [2.05, 4.69) is 18.2 Å². The molecular weight excluding hydrogens is 208 g/mol. The molecule has 0 heterocycles. The quantitative estimate of drug-likeness (QED) is 0.817. The molecule has 0 unspecified atom stereocenters. The molecule has 0 amide bonds. The van der Waals surface area contributed by atoms with Gasteiger partial charge >= 0.3 is 0 Å². The number of benzene rings is 2. The Morgan fingerprint density at radius 1 is 0.882 bits per heavy atom. The minimum Gasteiger partial charge on any atom is -0.392 e. The number of aliphatic hydroxyl groups is 1. The minimum absolute atomic E-state index is 0.104. The van der Waals surface area contributed by atoms with Crippen molar-refractivity contribution in [2.75, 3.05) is 0 Å². The molecule has 0 aromatic heterocycles. The molecule has 0 aliphatic heterocycles. The Balaban J connectivity index is 0.000000686. The standard InChI is InChI=1S/C14H14O.C2H6/c1-11-13(10-15)8-5-9-14(11)12-6-3-2-4-7-12;1-2/h2-9,15H,10H2,1H3;1-2H3. The number of rotatable bonds is 2. The lowest BCUT2D eigenvalue weighted by molar-refractivity contribution is 0.281. The third-order valence-corrected chi connectivity index (χ3v) is 2.70. The molecule has 0 radical (unpaired) electrons. The first-order valence-electron chi connectivity index (χ1n) is 6.07. The van der Waals surface area contributed by atoms with Gasteiger partial charge in [-0.3, -0.25) is 0 Å². The summed E-state index contributed by atoms with van der Waals surface area (Å²) < 4.78 is 0. The summed E-state index contributed by atoms with van der Waals surface area (Å²) in [6.07, 6.45) is 0. The molecule has 2 aromatic carbocycles. The van der Waals surface area contributed by atoms with Crippen molar-refractivity contribution in [2.24, 2.45) is 0 Å². The van der Waals surface area contributed by atoms with Gasteiger partial charge in [0.2, 0.25) is 0 Å². The van der Waals surface area contributed by atoms with Gasteiger partial charge in [-0.15, -0.1) is 0 Å². The van der Waals surface area contributed by atoms with Crippen LogP contribution in [0, 0.1) is 6.92 Å². The van der Waals surface area contributed by atoms with E-state index in [4.69, 9.17) is 0 Å². The zero-order valence-electron chi connectivity index (χ0n) is 10.8. The zero-order valence-corrected chi connectivity index (χ0v) is 10.8. The van der Waals surface area contributed by atoms with Crippen molar-refractivity contribution in [1.29, 1.82) is 0 Å². The summed E-state index contributed by atoms with van der Waals surface area (Å²) in [6, 6.07) is 16.3. The molecule has 1 N–H and O–H groups in total. The van der Waals surface area contributed by atoms with E-state index < -0.39 is 0 Å². The van der Waals surface area contributed by atoms with Crippen molar-refractivity contribution >= 4 is 0 Å². The first-order valence-corrected chi connectivity index (χ1v) is 6.07.